The number of carbonyl (C=O) groups excluding carboxylic acids is 1. The monoisotopic (exact) mass is 450 g/mol. The van der Waals surface area contributed by atoms with Gasteiger partial charge in [-0.1, -0.05) is 64.3 Å². The predicted octanol–water partition coefficient (Wildman–Crippen LogP) is 4.27. The van der Waals surface area contributed by atoms with Gasteiger partial charge in [0.15, 0.2) is 0 Å². The third-order valence-corrected chi connectivity index (χ3v) is 5.76. The lowest BCUT2D eigenvalue weighted by molar-refractivity contribution is -0.111. The zero-order valence-corrected chi connectivity index (χ0v) is 16.9. The molecule has 6 nitrogen and oxygen atoms in total. The maximum Gasteiger partial charge on any atom is 0.283 e. The summed E-state index contributed by atoms with van der Waals surface area (Å²) < 4.78 is 1.38. The lowest BCUT2D eigenvalue weighted by atomic mass is 10.1. The van der Waals surface area contributed by atoms with Gasteiger partial charge in [-0.05, 0) is 29.9 Å². The van der Waals surface area contributed by atoms with Gasteiger partial charge in [0.2, 0.25) is 10.7 Å². The van der Waals surface area contributed by atoms with Gasteiger partial charge < -0.3 is 5.73 Å². The largest absolute Gasteiger partial charge is 0.383 e. The number of anilines is 1. The molecule has 0 fully saturated rings. The number of hydrogen-bond acceptors (Lipinski definition) is 6. The molecule has 0 amide bonds. The standard InChI is InChI=1S/C18H9Cl3N4O2S/c19-11-4-2-1-3-9(11)17-24-25-15(22)10(16(27)23-18(25)28-17)5-8-6-12(20)14(26)13(21)7-8/h1-7H,22H2. The fourth-order valence-corrected chi connectivity index (χ4v) is 4.31. The van der Waals surface area contributed by atoms with Crippen LogP contribution in [0.2, 0.25) is 5.02 Å². The maximum atomic E-state index is 12.5. The number of ketones is 1. The van der Waals surface area contributed by atoms with Gasteiger partial charge in [0.05, 0.1) is 20.7 Å². The molecule has 28 heavy (non-hydrogen) atoms. The molecule has 2 N–H and O–H groups in total. The van der Waals surface area contributed by atoms with E-state index in [1.807, 2.05) is 18.2 Å². The minimum absolute atomic E-state index is 0.0545. The minimum atomic E-state index is -0.537. The molecule has 2 aromatic heterocycles. The number of hydrogen-bond donors (Lipinski definition) is 1. The Morgan fingerprint density at radius 3 is 2.43 bits per heavy atom. The first-order valence-electron chi connectivity index (χ1n) is 7.80. The molecule has 0 spiro atoms. The summed E-state index contributed by atoms with van der Waals surface area (Å²) in [5.74, 6) is -0.384. The molecule has 0 saturated heterocycles. The van der Waals surface area contributed by atoms with Gasteiger partial charge in [-0.3, -0.25) is 9.59 Å². The second-order valence-electron chi connectivity index (χ2n) is 5.76. The summed E-state index contributed by atoms with van der Waals surface area (Å²) in [4.78, 5) is 28.5. The normalized spacial score (nSPS) is 14.2. The molecule has 1 aliphatic carbocycles. The Hall–Kier alpha value is -2.45. The Morgan fingerprint density at radius 1 is 1.07 bits per heavy atom. The first kappa shape index (κ1) is 18.9. The number of halogens is 3. The number of nitrogens with zero attached hydrogens (tertiary/aromatic N) is 3. The highest BCUT2D eigenvalue weighted by molar-refractivity contribution is 7.19. The first-order valence-corrected chi connectivity index (χ1v) is 9.75. The van der Waals surface area contributed by atoms with Crippen molar-refractivity contribution in [2.45, 2.75) is 0 Å². The Bertz CT molecular complexity index is 1280. The highest BCUT2D eigenvalue weighted by Gasteiger charge is 2.19. The van der Waals surface area contributed by atoms with Crippen molar-refractivity contribution in [1.82, 2.24) is 14.6 Å². The summed E-state index contributed by atoms with van der Waals surface area (Å²) in [6.45, 7) is 0. The first-order chi connectivity index (χ1) is 13.3. The van der Waals surface area contributed by atoms with E-state index in [4.69, 9.17) is 40.5 Å². The smallest absolute Gasteiger partial charge is 0.283 e. The van der Waals surface area contributed by atoms with Crippen LogP contribution >= 0.6 is 46.1 Å². The van der Waals surface area contributed by atoms with E-state index < -0.39 is 11.3 Å². The van der Waals surface area contributed by atoms with E-state index in [1.165, 1.54) is 34.1 Å². The second-order valence-corrected chi connectivity index (χ2v) is 7.93. The number of carbonyl (C=O) groups is 1. The van der Waals surface area contributed by atoms with Gasteiger partial charge in [-0.15, -0.1) is 0 Å². The van der Waals surface area contributed by atoms with E-state index in [-0.39, 0.29) is 21.4 Å². The maximum absolute atomic E-state index is 12.5. The third kappa shape index (κ3) is 3.27. The molecule has 0 saturated carbocycles. The highest BCUT2D eigenvalue weighted by atomic mass is 35.5. The molecule has 0 bridgehead atoms. The summed E-state index contributed by atoms with van der Waals surface area (Å²) in [5, 5.41) is 5.43. The van der Waals surface area contributed by atoms with Crippen molar-refractivity contribution >= 4 is 68.8 Å². The molecule has 1 aliphatic rings. The second kappa shape index (κ2) is 7.18. The fourth-order valence-electron chi connectivity index (χ4n) is 2.59. The Labute approximate surface area is 177 Å². The summed E-state index contributed by atoms with van der Waals surface area (Å²) in [6.07, 6.45) is 4.27. The van der Waals surface area contributed by atoms with Crippen LogP contribution in [0.5, 0.6) is 0 Å². The lowest BCUT2D eigenvalue weighted by Crippen LogP contribution is -2.17. The number of Topliss-reactive ketones (excluding diaryl/α,β-unsaturated/α-hetero) is 1. The van der Waals surface area contributed by atoms with Gasteiger partial charge >= 0.3 is 0 Å². The molecular weight excluding hydrogens is 443 g/mol. The van der Waals surface area contributed by atoms with Gasteiger partial charge in [-0.25, -0.2) is 0 Å². The quantitative estimate of drug-likeness (QED) is 0.628. The van der Waals surface area contributed by atoms with Crippen LogP contribution in [0.3, 0.4) is 0 Å². The Kier molecular flexibility index (Phi) is 4.84. The van der Waals surface area contributed by atoms with Crippen LogP contribution < -0.4 is 11.3 Å². The summed E-state index contributed by atoms with van der Waals surface area (Å²) >= 11 is 19.2. The number of nitrogens with two attached hydrogens (primary N) is 1. The van der Waals surface area contributed by atoms with Crippen molar-refractivity contribution in [3.8, 4) is 10.6 Å². The number of rotatable bonds is 2. The zero-order chi connectivity index (χ0) is 20.0. The molecule has 0 unspecified atom stereocenters. The third-order valence-electron chi connectivity index (χ3n) is 3.93. The van der Waals surface area contributed by atoms with E-state index >= 15 is 0 Å². The van der Waals surface area contributed by atoms with Crippen molar-refractivity contribution in [3.63, 3.8) is 0 Å². The molecule has 0 atom stereocenters. The van der Waals surface area contributed by atoms with Crippen LogP contribution in [0, 0.1) is 0 Å². The molecule has 1 aromatic carbocycles. The number of benzene rings is 1. The molecular formula is C18H9Cl3N4O2S. The van der Waals surface area contributed by atoms with Gasteiger partial charge in [-0.2, -0.15) is 14.6 Å². The molecule has 0 radical (unpaired) electrons. The van der Waals surface area contributed by atoms with Crippen LogP contribution in [0.4, 0.5) is 5.82 Å². The predicted molar refractivity (Wildman–Crippen MR) is 113 cm³/mol. The summed E-state index contributed by atoms with van der Waals surface area (Å²) in [7, 11) is 0. The van der Waals surface area contributed by atoms with E-state index in [1.54, 1.807) is 6.07 Å². The van der Waals surface area contributed by atoms with Crippen molar-refractivity contribution in [2.75, 3.05) is 5.73 Å². The molecule has 2 heterocycles. The molecule has 140 valence electrons. The van der Waals surface area contributed by atoms with Gasteiger partial charge in [0, 0.05) is 5.56 Å². The van der Waals surface area contributed by atoms with Gasteiger partial charge in [0.1, 0.15) is 10.8 Å². The van der Waals surface area contributed by atoms with Crippen LogP contribution in [0.15, 0.2) is 56.8 Å². The number of nitrogen functional groups attached to an aromatic ring is 1. The van der Waals surface area contributed by atoms with E-state index in [2.05, 4.69) is 10.1 Å². The lowest BCUT2D eigenvalue weighted by Gasteiger charge is -2.07. The van der Waals surface area contributed by atoms with Crippen molar-refractivity contribution in [1.29, 1.82) is 0 Å². The van der Waals surface area contributed by atoms with E-state index in [0.717, 1.165) is 0 Å². The van der Waals surface area contributed by atoms with Crippen LogP contribution in [0.25, 0.3) is 21.6 Å². The van der Waals surface area contributed by atoms with Crippen LogP contribution in [-0.2, 0) is 4.79 Å². The van der Waals surface area contributed by atoms with Crippen molar-refractivity contribution < 1.29 is 4.79 Å². The Morgan fingerprint density at radius 2 is 1.75 bits per heavy atom. The van der Waals surface area contributed by atoms with Crippen molar-refractivity contribution in [2.24, 2.45) is 0 Å². The summed E-state index contributed by atoms with van der Waals surface area (Å²) in [6, 6.07) is 7.21. The average molecular weight is 452 g/mol. The van der Waals surface area contributed by atoms with E-state index in [0.29, 0.717) is 26.1 Å². The highest BCUT2D eigenvalue weighted by Crippen LogP contribution is 2.32. The van der Waals surface area contributed by atoms with E-state index in [9.17, 15) is 9.59 Å². The molecule has 4 rings (SSSR count). The minimum Gasteiger partial charge on any atom is -0.383 e. The van der Waals surface area contributed by atoms with Crippen LogP contribution in [0.1, 0.15) is 5.56 Å². The zero-order valence-electron chi connectivity index (χ0n) is 13.8. The Balaban J connectivity index is 1.88. The van der Waals surface area contributed by atoms with Gasteiger partial charge in [0.25, 0.3) is 5.56 Å². The fraction of sp³-hybridized carbons (Fsp3) is 0. The number of aromatic nitrogens is 3. The summed E-state index contributed by atoms with van der Waals surface area (Å²) in [5.41, 5.74) is 6.91. The molecule has 3 aromatic rings. The van der Waals surface area contributed by atoms with Crippen LogP contribution in [-0.4, -0.2) is 20.4 Å². The van der Waals surface area contributed by atoms with Crippen molar-refractivity contribution in [3.05, 3.63) is 73.0 Å². The number of fused-ring (bicyclic) bond motifs is 1. The SMILES string of the molecule is Nc1c(C=C2C=C(Cl)C(=O)C(Cl)=C2)c(=O)nc2sc(-c3ccccc3Cl)nn12. The number of allylic oxidation sites excluding steroid dienone is 5. The average Bonchev–Trinajstić information content (AvgIpc) is 3.07. The topological polar surface area (TPSA) is 90.4 Å². The molecule has 0 aliphatic heterocycles. The molecule has 10 heteroatoms.